The summed E-state index contributed by atoms with van der Waals surface area (Å²) in [6.45, 7) is 3.43. The van der Waals surface area contributed by atoms with Crippen LogP contribution in [0.4, 0.5) is 0 Å². The number of carbonyl (C=O) groups excluding carboxylic acids is 1. The van der Waals surface area contributed by atoms with Crippen LogP contribution in [0.2, 0.25) is 0 Å². The van der Waals surface area contributed by atoms with Gasteiger partial charge in [0.2, 0.25) is 0 Å². The number of carbonyl (C=O) groups is 1. The molecule has 0 saturated heterocycles. The molecule has 6 nitrogen and oxygen atoms in total. The molecular weight excluding hydrogens is 354 g/mol. The molecule has 1 aliphatic rings. The number of fused-ring (bicyclic) bond motifs is 1. The Hall–Kier alpha value is -2.03. The molecule has 25 heavy (non-hydrogen) atoms. The van der Waals surface area contributed by atoms with Crippen LogP contribution in [0.1, 0.15) is 34.2 Å². The van der Waals surface area contributed by atoms with Gasteiger partial charge in [0.1, 0.15) is 5.69 Å². The van der Waals surface area contributed by atoms with E-state index in [9.17, 15) is 4.79 Å². The molecule has 0 bridgehead atoms. The maximum atomic E-state index is 12.0. The molecule has 1 atom stereocenters. The van der Waals surface area contributed by atoms with Crippen LogP contribution in [0.25, 0.3) is 0 Å². The summed E-state index contributed by atoms with van der Waals surface area (Å²) >= 11 is 3.17. The van der Waals surface area contributed by atoms with Crippen molar-refractivity contribution >= 4 is 28.6 Å². The van der Waals surface area contributed by atoms with E-state index in [0.29, 0.717) is 12.2 Å². The zero-order valence-electron chi connectivity index (χ0n) is 13.7. The highest BCUT2D eigenvalue weighted by molar-refractivity contribution is 7.08. The minimum Gasteiger partial charge on any atom is -0.351 e. The van der Waals surface area contributed by atoms with E-state index in [4.69, 9.17) is 0 Å². The second-order valence-electron chi connectivity index (χ2n) is 6.14. The number of thiophene rings is 1. The van der Waals surface area contributed by atoms with Crippen molar-refractivity contribution in [3.8, 4) is 0 Å². The summed E-state index contributed by atoms with van der Waals surface area (Å²) in [6.07, 6.45) is 2.72. The Morgan fingerprint density at radius 3 is 3.08 bits per heavy atom. The summed E-state index contributed by atoms with van der Waals surface area (Å²) < 4.78 is 2.11. The van der Waals surface area contributed by atoms with E-state index in [1.54, 1.807) is 22.2 Å². The van der Waals surface area contributed by atoms with Gasteiger partial charge in [-0.05, 0) is 34.9 Å². The highest BCUT2D eigenvalue weighted by Gasteiger charge is 2.25. The average molecular weight is 374 g/mol. The lowest BCUT2D eigenvalue weighted by Crippen LogP contribution is -2.38. The number of hydrogen-bond acceptors (Lipinski definition) is 6. The second-order valence-corrected chi connectivity index (χ2v) is 7.64. The molecule has 0 radical (unpaired) electrons. The lowest BCUT2D eigenvalue weighted by Gasteiger charge is -2.33. The van der Waals surface area contributed by atoms with Gasteiger partial charge in [-0.15, -0.1) is 11.3 Å². The van der Waals surface area contributed by atoms with Gasteiger partial charge in [0, 0.05) is 37.8 Å². The van der Waals surface area contributed by atoms with Crippen LogP contribution in [0.5, 0.6) is 0 Å². The summed E-state index contributed by atoms with van der Waals surface area (Å²) in [5.41, 5.74) is 4.76. The third-order valence-electron chi connectivity index (χ3n) is 4.37. The number of rotatable bonds is 6. The maximum Gasteiger partial charge on any atom is 0.270 e. The lowest BCUT2D eigenvalue weighted by atomic mass is 10.1. The van der Waals surface area contributed by atoms with Crippen molar-refractivity contribution in [1.82, 2.24) is 25.0 Å². The first-order valence-electron chi connectivity index (χ1n) is 8.22. The van der Waals surface area contributed by atoms with Crippen molar-refractivity contribution in [3.05, 3.63) is 56.9 Å². The smallest absolute Gasteiger partial charge is 0.270 e. The molecule has 0 aliphatic carbocycles. The fourth-order valence-electron chi connectivity index (χ4n) is 3.21. The molecule has 0 fully saturated rings. The number of thiazole rings is 1. The van der Waals surface area contributed by atoms with Crippen molar-refractivity contribution in [2.75, 3.05) is 13.1 Å². The lowest BCUT2D eigenvalue weighted by molar-refractivity contribution is 0.0942. The van der Waals surface area contributed by atoms with Gasteiger partial charge in [0.25, 0.3) is 5.91 Å². The molecular formula is C17H19N5OS2. The van der Waals surface area contributed by atoms with Crippen molar-refractivity contribution in [3.63, 3.8) is 0 Å². The predicted molar refractivity (Wildman–Crippen MR) is 98.8 cm³/mol. The Morgan fingerprint density at radius 2 is 2.28 bits per heavy atom. The minimum absolute atomic E-state index is 0.104. The molecule has 0 saturated carbocycles. The molecule has 0 aromatic carbocycles. The fourth-order valence-corrected chi connectivity index (χ4v) is 4.40. The molecule has 1 amide bonds. The van der Waals surface area contributed by atoms with Crippen LogP contribution < -0.4 is 5.32 Å². The van der Waals surface area contributed by atoms with Crippen molar-refractivity contribution < 1.29 is 4.79 Å². The van der Waals surface area contributed by atoms with Crippen LogP contribution in [-0.4, -0.2) is 38.7 Å². The van der Waals surface area contributed by atoms with Crippen LogP contribution in [0, 0.1) is 0 Å². The van der Waals surface area contributed by atoms with E-state index in [2.05, 4.69) is 47.9 Å². The zero-order chi connectivity index (χ0) is 17.1. The Morgan fingerprint density at radius 1 is 1.32 bits per heavy atom. The topological polar surface area (TPSA) is 63.1 Å². The van der Waals surface area contributed by atoms with Gasteiger partial charge in [-0.1, -0.05) is 0 Å². The maximum absolute atomic E-state index is 12.0. The molecule has 1 unspecified atom stereocenters. The van der Waals surface area contributed by atoms with E-state index < -0.39 is 0 Å². The standard InChI is InChI=1S/C17H19N5OS2/c23-17(16-11-25-12-19-16)18-4-1-14-8-21(7-13-3-6-24-10-13)9-15-2-5-20-22(14)15/h2-3,5-6,10-12,14H,1,4,7-9H2,(H,18,23). The molecule has 4 rings (SSSR count). The predicted octanol–water partition coefficient (Wildman–Crippen LogP) is 2.78. The van der Waals surface area contributed by atoms with Gasteiger partial charge in [-0.2, -0.15) is 16.4 Å². The number of nitrogens with one attached hydrogen (secondary N) is 1. The van der Waals surface area contributed by atoms with E-state index in [0.717, 1.165) is 26.1 Å². The molecule has 3 aromatic rings. The second kappa shape index (κ2) is 7.47. The normalized spacial score (nSPS) is 17.4. The number of hydrogen-bond donors (Lipinski definition) is 1. The van der Waals surface area contributed by atoms with Crippen LogP contribution in [0.3, 0.4) is 0 Å². The SMILES string of the molecule is O=C(NCCC1CN(Cc2ccsc2)Cc2ccnn21)c1cscn1. The molecule has 0 spiro atoms. The zero-order valence-corrected chi connectivity index (χ0v) is 15.3. The number of amides is 1. The summed E-state index contributed by atoms with van der Waals surface area (Å²) in [5.74, 6) is -0.104. The van der Waals surface area contributed by atoms with E-state index >= 15 is 0 Å². The summed E-state index contributed by atoms with van der Waals surface area (Å²) in [7, 11) is 0. The quantitative estimate of drug-likeness (QED) is 0.722. The molecule has 1 aliphatic heterocycles. The van der Waals surface area contributed by atoms with Gasteiger partial charge in [-0.25, -0.2) is 4.98 Å². The van der Waals surface area contributed by atoms with Crippen molar-refractivity contribution in [2.24, 2.45) is 0 Å². The molecule has 1 N–H and O–H groups in total. The monoisotopic (exact) mass is 373 g/mol. The Bertz CT molecular complexity index is 812. The Labute approximate surface area is 154 Å². The fraction of sp³-hybridized carbons (Fsp3) is 0.353. The van der Waals surface area contributed by atoms with Gasteiger partial charge in [0.15, 0.2) is 0 Å². The van der Waals surface area contributed by atoms with Crippen molar-refractivity contribution in [2.45, 2.75) is 25.6 Å². The largest absolute Gasteiger partial charge is 0.351 e. The van der Waals surface area contributed by atoms with Crippen LogP contribution >= 0.6 is 22.7 Å². The molecule has 8 heteroatoms. The highest BCUT2D eigenvalue weighted by atomic mass is 32.1. The first-order chi connectivity index (χ1) is 12.3. The number of aromatic nitrogens is 3. The first kappa shape index (κ1) is 16.4. The third-order valence-corrected chi connectivity index (χ3v) is 5.69. The van der Waals surface area contributed by atoms with Gasteiger partial charge in [-0.3, -0.25) is 14.4 Å². The van der Waals surface area contributed by atoms with E-state index in [-0.39, 0.29) is 11.9 Å². The van der Waals surface area contributed by atoms with Gasteiger partial charge < -0.3 is 5.32 Å². The van der Waals surface area contributed by atoms with E-state index in [1.807, 2.05) is 6.20 Å². The van der Waals surface area contributed by atoms with Crippen molar-refractivity contribution in [1.29, 1.82) is 0 Å². The Kier molecular flexibility index (Phi) is 4.91. The number of nitrogens with zero attached hydrogens (tertiary/aromatic N) is 4. The third kappa shape index (κ3) is 3.81. The summed E-state index contributed by atoms with van der Waals surface area (Å²) in [6, 6.07) is 4.54. The van der Waals surface area contributed by atoms with Crippen LogP contribution in [0.15, 0.2) is 40.0 Å². The summed E-state index contributed by atoms with van der Waals surface area (Å²) in [5, 5.41) is 13.5. The molecule has 4 heterocycles. The van der Waals surface area contributed by atoms with Crippen LogP contribution in [-0.2, 0) is 13.1 Å². The summed E-state index contributed by atoms with van der Waals surface area (Å²) in [4.78, 5) is 18.5. The molecule has 3 aromatic heterocycles. The highest BCUT2D eigenvalue weighted by Crippen LogP contribution is 2.24. The average Bonchev–Trinajstić information content (AvgIpc) is 3.36. The van der Waals surface area contributed by atoms with Gasteiger partial charge >= 0.3 is 0 Å². The molecule has 130 valence electrons. The first-order valence-corrected chi connectivity index (χ1v) is 10.1. The van der Waals surface area contributed by atoms with Gasteiger partial charge in [0.05, 0.1) is 17.2 Å². The van der Waals surface area contributed by atoms with E-state index in [1.165, 1.54) is 22.6 Å². The Balaban J connectivity index is 1.37. The minimum atomic E-state index is -0.104.